The first-order valence-electron chi connectivity index (χ1n) is 10.3. The molecule has 0 spiro atoms. The summed E-state index contributed by atoms with van der Waals surface area (Å²) >= 11 is 0. The average Bonchev–Trinajstić information content (AvgIpc) is 2.80. The van der Waals surface area contributed by atoms with Crippen molar-refractivity contribution in [3.05, 3.63) is 81.8 Å². The fourth-order valence-electron chi connectivity index (χ4n) is 4.13. The van der Waals surface area contributed by atoms with E-state index in [-0.39, 0.29) is 18.9 Å². The Labute approximate surface area is 183 Å². The van der Waals surface area contributed by atoms with E-state index < -0.39 is 5.69 Å². The zero-order valence-corrected chi connectivity index (χ0v) is 17.7. The first kappa shape index (κ1) is 20.0. The number of benzene rings is 3. The quantitative estimate of drug-likeness (QED) is 0.445. The van der Waals surface area contributed by atoms with Gasteiger partial charge in [0, 0.05) is 41.9 Å². The van der Waals surface area contributed by atoms with Crippen LogP contribution in [-0.4, -0.2) is 33.6 Å². The van der Waals surface area contributed by atoms with Gasteiger partial charge < -0.3 is 15.2 Å². The lowest BCUT2D eigenvalue weighted by molar-refractivity contribution is 0.104. The molecule has 0 amide bonds. The molecular weight excluding hydrogens is 406 g/mol. The summed E-state index contributed by atoms with van der Waals surface area (Å²) in [6, 6.07) is 16.4. The highest BCUT2D eigenvalue weighted by Gasteiger charge is 2.32. The molecule has 5 rings (SSSR count). The fourth-order valence-corrected chi connectivity index (χ4v) is 4.13. The number of carbonyl (C=O) groups excluding carboxylic acids is 1. The molecule has 0 fully saturated rings. The van der Waals surface area contributed by atoms with E-state index in [9.17, 15) is 14.7 Å². The van der Waals surface area contributed by atoms with Crippen LogP contribution < -0.4 is 15.7 Å². The van der Waals surface area contributed by atoms with Gasteiger partial charge in [0.1, 0.15) is 5.75 Å². The molecule has 0 bridgehead atoms. The van der Waals surface area contributed by atoms with Gasteiger partial charge in [-0.2, -0.15) is 4.98 Å². The number of ether oxygens (including phenoxy) is 1. The van der Waals surface area contributed by atoms with Crippen LogP contribution in [-0.2, 0) is 7.05 Å². The number of nitrogens with zero attached hydrogens (tertiary/aromatic N) is 2. The van der Waals surface area contributed by atoms with Crippen LogP contribution in [0.1, 0.15) is 21.5 Å². The third kappa shape index (κ3) is 3.06. The molecule has 160 valence electrons. The molecule has 0 saturated heterocycles. The maximum atomic E-state index is 13.5. The van der Waals surface area contributed by atoms with E-state index in [4.69, 9.17) is 4.74 Å². The lowest BCUT2D eigenvalue weighted by Crippen LogP contribution is -2.25. The van der Waals surface area contributed by atoms with Gasteiger partial charge in [-0.3, -0.25) is 9.36 Å². The number of hydrogen-bond acceptors (Lipinski definition) is 6. The number of ketones is 1. The predicted molar refractivity (Wildman–Crippen MR) is 123 cm³/mol. The van der Waals surface area contributed by atoms with Crippen LogP contribution in [0.5, 0.6) is 11.5 Å². The molecule has 0 unspecified atom stereocenters. The molecule has 0 saturated carbocycles. The number of aliphatic hydroxyl groups is 1. The van der Waals surface area contributed by atoms with Gasteiger partial charge in [0.05, 0.1) is 23.4 Å². The molecule has 4 aromatic rings. The summed E-state index contributed by atoms with van der Waals surface area (Å²) in [5, 5.41) is 13.1. The number of rotatable bonds is 5. The van der Waals surface area contributed by atoms with Crippen molar-refractivity contribution in [2.24, 2.45) is 7.05 Å². The average molecular weight is 427 g/mol. The molecule has 1 heterocycles. The van der Waals surface area contributed by atoms with Crippen LogP contribution in [0, 0.1) is 6.92 Å². The third-order valence-electron chi connectivity index (χ3n) is 5.66. The predicted octanol–water partition coefficient (Wildman–Crippen LogP) is 3.65. The van der Waals surface area contributed by atoms with Gasteiger partial charge in [-0.25, -0.2) is 4.79 Å². The highest BCUT2D eigenvalue weighted by Crippen LogP contribution is 2.44. The van der Waals surface area contributed by atoms with E-state index in [1.54, 1.807) is 31.3 Å². The van der Waals surface area contributed by atoms with Crippen LogP contribution in [0.25, 0.3) is 22.2 Å². The van der Waals surface area contributed by atoms with Crippen LogP contribution in [0.2, 0.25) is 0 Å². The molecule has 1 aliphatic rings. The van der Waals surface area contributed by atoms with Crippen molar-refractivity contribution in [3.63, 3.8) is 0 Å². The van der Waals surface area contributed by atoms with Crippen molar-refractivity contribution in [1.82, 2.24) is 9.55 Å². The van der Waals surface area contributed by atoms with Crippen molar-refractivity contribution < 1.29 is 14.6 Å². The Hall–Kier alpha value is -3.97. The molecule has 2 N–H and O–H groups in total. The van der Waals surface area contributed by atoms with Gasteiger partial charge in [-0.1, -0.05) is 42.0 Å². The van der Waals surface area contributed by atoms with E-state index in [1.807, 2.05) is 37.3 Å². The summed E-state index contributed by atoms with van der Waals surface area (Å²) < 4.78 is 7.61. The number of hydrogen-bond donors (Lipinski definition) is 2. The van der Waals surface area contributed by atoms with Crippen molar-refractivity contribution >= 4 is 22.4 Å². The SMILES string of the molecule is Cc1ccc(Oc2cc(NCCO)c3c4c(nc(=O)n(C)c24)-c2ccccc2C3=O)cc1. The third-order valence-corrected chi connectivity index (χ3v) is 5.66. The van der Waals surface area contributed by atoms with Crippen LogP contribution in [0.3, 0.4) is 0 Å². The first-order chi connectivity index (χ1) is 15.5. The highest BCUT2D eigenvalue weighted by molar-refractivity contribution is 6.28. The second-order valence-corrected chi connectivity index (χ2v) is 7.76. The van der Waals surface area contributed by atoms with Gasteiger partial charge in [-0.05, 0) is 19.1 Å². The Balaban J connectivity index is 1.87. The van der Waals surface area contributed by atoms with E-state index in [1.165, 1.54) is 4.57 Å². The van der Waals surface area contributed by atoms with Gasteiger partial charge in [0.15, 0.2) is 11.5 Å². The Morgan fingerprint density at radius 1 is 1.06 bits per heavy atom. The molecule has 0 radical (unpaired) electrons. The van der Waals surface area contributed by atoms with Crippen molar-refractivity contribution in [2.75, 3.05) is 18.5 Å². The molecule has 7 heteroatoms. The van der Waals surface area contributed by atoms with Gasteiger partial charge in [0.25, 0.3) is 0 Å². The lowest BCUT2D eigenvalue weighted by atomic mass is 9.85. The number of fused-ring (bicyclic) bond motifs is 2. The van der Waals surface area contributed by atoms with E-state index in [2.05, 4.69) is 10.3 Å². The zero-order valence-electron chi connectivity index (χ0n) is 17.7. The summed E-state index contributed by atoms with van der Waals surface area (Å²) in [5.74, 6) is 0.858. The lowest BCUT2D eigenvalue weighted by Gasteiger charge is -2.24. The summed E-state index contributed by atoms with van der Waals surface area (Å²) in [4.78, 5) is 30.6. The number of nitrogens with one attached hydrogen (secondary N) is 1. The molecule has 0 atom stereocenters. The number of aromatic nitrogens is 2. The Morgan fingerprint density at radius 2 is 1.78 bits per heavy atom. The summed E-state index contributed by atoms with van der Waals surface area (Å²) in [6.07, 6.45) is 0. The van der Waals surface area contributed by atoms with Crippen molar-refractivity contribution in [3.8, 4) is 22.8 Å². The number of carbonyl (C=O) groups is 1. The van der Waals surface area contributed by atoms with Crippen LogP contribution in [0.4, 0.5) is 5.69 Å². The minimum Gasteiger partial charge on any atom is -0.455 e. The number of anilines is 1. The summed E-state index contributed by atoms with van der Waals surface area (Å²) in [7, 11) is 1.62. The second kappa shape index (κ2) is 7.62. The molecule has 1 aliphatic carbocycles. The minimum absolute atomic E-state index is 0.102. The summed E-state index contributed by atoms with van der Waals surface area (Å²) in [6.45, 7) is 2.14. The fraction of sp³-hybridized carbons (Fsp3) is 0.160. The minimum atomic E-state index is -0.438. The van der Waals surface area contributed by atoms with Crippen LogP contribution in [0.15, 0.2) is 59.4 Å². The summed E-state index contributed by atoms with van der Waals surface area (Å²) in [5.41, 5.74) is 3.65. The monoisotopic (exact) mass is 427 g/mol. The smallest absolute Gasteiger partial charge is 0.348 e. The molecule has 0 aliphatic heterocycles. The van der Waals surface area contributed by atoms with Gasteiger partial charge in [0.2, 0.25) is 0 Å². The van der Waals surface area contributed by atoms with E-state index in [0.29, 0.717) is 50.5 Å². The maximum absolute atomic E-state index is 13.5. The topological polar surface area (TPSA) is 93.4 Å². The maximum Gasteiger partial charge on any atom is 0.348 e. The van der Waals surface area contributed by atoms with Gasteiger partial charge >= 0.3 is 5.69 Å². The van der Waals surface area contributed by atoms with E-state index in [0.717, 1.165) is 5.56 Å². The second-order valence-electron chi connectivity index (χ2n) is 7.76. The Morgan fingerprint density at radius 3 is 2.50 bits per heavy atom. The number of aryl methyl sites for hydroxylation is 2. The van der Waals surface area contributed by atoms with Gasteiger partial charge in [-0.15, -0.1) is 0 Å². The Kier molecular flexibility index (Phi) is 4.75. The van der Waals surface area contributed by atoms with E-state index >= 15 is 0 Å². The Bertz CT molecular complexity index is 1440. The van der Waals surface area contributed by atoms with Crippen molar-refractivity contribution in [2.45, 2.75) is 6.92 Å². The number of aliphatic hydroxyl groups excluding tert-OH is 1. The van der Waals surface area contributed by atoms with Crippen molar-refractivity contribution in [1.29, 1.82) is 0 Å². The molecular formula is C25H21N3O4. The standard InChI is InChI=1S/C25H21N3O4/c1-14-7-9-15(10-8-14)32-19-13-18(26-11-12-29)20-21-22(27-25(31)28(2)23(19)21)16-5-3-4-6-17(16)24(20)30/h3-10,13,26,29H,11-12H2,1-2H3. The highest BCUT2D eigenvalue weighted by atomic mass is 16.5. The molecule has 32 heavy (non-hydrogen) atoms. The largest absolute Gasteiger partial charge is 0.455 e. The molecule has 3 aromatic carbocycles. The zero-order chi connectivity index (χ0) is 22.4. The van der Waals surface area contributed by atoms with Crippen LogP contribution >= 0.6 is 0 Å². The first-order valence-corrected chi connectivity index (χ1v) is 10.3. The molecule has 1 aromatic heterocycles. The molecule has 7 nitrogen and oxygen atoms in total. The normalized spacial score (nSPS) is 12.0.